The second-order valence-electron chi connectivity index (χ2n) is 9.68. The summed E-state index contributed by atoms with van der Waals surface area (Å²) in [6.07, 6.45) is 12.2. The number of ketones is 2. The van der Waals surface area contributed by atoms with Crippen molar-refractivity contribution in [1.29, 1.82) is 0 Å². The van der Waals surface area contributed by atoms with Crippen molar-refractivity contribution in [2.75, 3.05) is 20.6 Å². The summed E-state index contributed by atoms with van der Waals surface area (Å²) >= 11 is 0. The van der Waals surface area contributed by atoms with Crippen LogP contribution in [0, 0.1) is 0 Å². The van der Waals surface area contributed by atoms with E-state index in [1.807, 2.05) is 19.0 Å². The highest BCUT2D eigenvalue weighted by molar-refractivity contribution is 6.46. The normalized spacial score (nSPS) is 15.8. The van der Waals surface area contributed by atoms with Gasteiger partial charge in [0.15, 0.2) is 5.78 Å². The van der Waals surface area contributed by atoms with E-state index in [0.29, 0.717) is 53.9 Å². The number of hydrogen-bond acceptors (Lipinski definition) is 9. The maximum absolute atomic E-state index is 13.4. The van der Waals surface area contributed by atoms with Crippen LogP contribution in [0.2, 0.25) is 0 Å². The van der Waals surface area contributed by atoms with E-state index >= 15 is 0 Å². The van der Waals surface area contributed by atoms with Crippen LogP contribution in [0.3, 0.4) is 0 Å². The minimum absolute atomic E-state index is 0.145. The molecule has 0 radical (unpaired) electrons. The molecule has 1 fully saturated rings. The van der Waals surface area contributed by atoms with E-state index in [-0.39, 0.29) is 35.4 Å². The first-order valence-electron chi connectivity index (χ1n) is 12.9. The molecule has 1 amide bonds. The van der Waals surface area contributed by atoms with Crippen molar-refractivity contribution in [3.63, 3.8) is 0 Å². The number of fused-ring (bicyclic) bond motifs is 1. The summed E-state index contributed by atoms with van der Waals surface area (Å²) in [5.41, 5.74) is 2.27. The van der Waals surface area contributed by atoms with E-state index in [2.05, 4.69) is 38.2 Å². The van der Waals surface area contributed by atoms with Crippen LogP contribution in [0.15, 0.2) is 67.2 Å². The molecule has 0 aliphatic carbocycles. The number of likely N-dealkylation sites (tertiary alicyclic amines) is 1. The van der Waals surface area contributed by atoms with Crippen molar-refractivity contribution >= 4 is 34.1 Å². The van der Waals surface area contributed by atoms with Crippen LogP contribution in [-0.4, -0.2) is 84.4 Å². The lowest BCUT2D eigenvalue weighted by atomic mass is 10.0. The lowest BCUT2D eigenvalue weighted by Crippen LogP contribution is -2.44. The molecule has 3 aromatic rings. The Hall–Kier alpha value is -4.64. The lowest BCUT2D eigenvalue weighted by molar-refractivity contribution is -0.136. The number of Topliss-reactive ketones (excluding diaryl/α,β-unsaturated/α-hetero) is 2. The molecule has 1 aliphatic heterocycles. The Bertz CT molecular complexity index is 1520. The number of amides is 1. The Morgan fingerprint density at radius 1 is 1.15 bits per heavy atom. The fourth-order valence-electron chi connectivity index (χ4n) is 4.64. The van der Waals surface area contributed by atoms with Gasteiger partial charge in [0.25, 0.3) is 0 Å². The van der Waals surface area contributed by atoms with Gasteiger partial charge in [-0.3, -0.25) is 29.0 Å². The van der Waals surface area contributed by atoms with Gasteiger partial charge in [0.1, 0.15) is 23.8 Å². The van der Waals surface area contributed by atoms with Gasteiger partial charge in [0.05, 0.1) is 30.0 Å². The highest BCUT2D eigenvalue weighted by atomic mass is 16.2. The molecule has 4 heterocycles. The molecular formula is C29H32N8O3. The molecule has 1 atom stereocenters. The SMILES string of the molecule is C=C/C=C\C(=N/C=C)C(=O)[C@@H]1CCCN1C(=O)Cn1nc(C(C)=O)c2cc(-c3cnc(CN(C)C)nc3)ncc21. The van der Waals surface area contributed by atoms with Crippen molar-refractivity contribution in [3.05, 3.63) is 73.8 Å². The van der Waals surface area contributed by atoms with E-state index in [4.69, 9.17) is 0 Å². The Morgan fingerprint density at radius 3 is 2.55 bits per heavy atom. The maximum Gasteiger partial charge on any atom is 0.244 e. The number of nitrogens with zero attached hydrogens (tertiary/aromatic N) is 8. The van der Waals surface area contributed by atoms with Crippen molar-refractivity contribution in [3.8, 4) is 11.3 Å². The molecule has 0 unspecified atom stereocenters. The van der Waals surface area contributed by atoms with E-state index in [1.165, 1.54) is 17.8 Å². The first kappa shape index (κ1) is 28.4. The summed E-state index contributed by atoms with van der Waals surface area (Å²) in [5, 5.41) is 5.03. The minimum atomic E-state index is -0.644. The Kier molecular flexibility index (Phi) is 8.85. The largest absolute Gasteiger partial charge is 0.331 e. The third kappa shape index (κ3) is 6.15. The molecule has 0 N–H and O–H groups in total. The zero-order chi connectivity index (χ0) is 28.8. The summed E-state index contributed by atoms with van der Waals surface area (Å²) in [6.45, 7) is 9.54. The van der Waals surface area contributed by atoms with Gasteiger partial charge in [0, 0.05) is 43.0 Å². The molecule has 0 aromatic carbocycles. The van der Waals surface area contributed by atoms with Crippen LogP contribution in [0.5, 0.6) is 0 Å². The molecule has 0 spiro atoms. The summed E-state index contributed by atoms with van der Waals surface area (Å²) in [6, 6.07) is 1.12. The van der Waals surface area contributed by atoms with E-state index in [9.17, 15) is 14.4 Å². The van der Waals surface area contributed by atoms with Crippen LogP contribution in [0.25, 0.3) is 22.2 Å². The molecular weight excluding hydrogens is 508 g/mol. The average Bonchev–Trinajstić information content (AvgIpc) is 3.56. The molecule has 0 bridgehead atoms. The van der Waals surface area contributed by atoms with Gasteiger partial charge < -0.3 is 9.80 Å². The van der Waals surface area contributed by atoms with Gasteiger partial charge in [-0.15, -0.1) is 0 Å². The molecule has 1 saturated heterocycles. The van der Waals surface area contributed by atoms with Crippen LogP contribution >= 0.6 is 0 Å². The standard InChI is InChI=1S/C29H32N8O3/c1-6-8-10-22(30-7-2)29(40)24-11-9-12-36(24)27(39)18-37-25-16-31-23(13-21(25)28(34-37)19(3)38)20-14-32-26(33-15-20)17-35(4)5/h6-8,10,13-16,24H,1-2,9,11-12,17-18H2,3-5H3/b10-8-,30-22+/t24-/m0/s1. The zero-order valence-corrected chi connectivity index (χ0v) is 22.9. The number of pyridine rings is 1. The summed E-state index contributed by atoms with van der Waals surface area (Å²) < 4.78 is 1.47. The summed E-state index contributed by atoms with van der Waals surface area (Å²) in [4.78, 5) is 60.1. The van der Waals surface area contributed by atoms with Gasteiger partial charge in [-0.05, 0) is 39.1 Å². The van der Waals surface area contributed by atoms with Crippen LogP contribution in [0.1, 0.15) is 36.1 Å². The highest BCUT2D eigenvalue weighted by Crippen LogP contribution is 2.26. The summed E-state index contributed by atoms with van der Waals surface area (Å²) in [7, 11) is 3.88. The Labute approximate surface area is 232 Å². The van der Waals surface area contributed by atoms with Gasteiger partial charge in [0.2, 0.25) is 11.7 Å². The van der Waals surface area contributed by atoms with E-state index in [0.717, 1.165) is 0 Å². The number of carbonyl (C=O) groups excluding carboxylic acids is 3. The number of rotatable bonds is 11. The van der Waals surface area contributed by atoms with Gasteiger partial charge in [-0.25, -0.2) is 9.97 Å². The number of hydrogen-bond donors (Lipinski definition) is 0. The van der Waals surface area contributed by atoms with E-state index in [1.54, 1.807) is 47.8 Å². The fourth-order valence-corrected chi connectivity index (χ4v) is 4.64. The van der Waals surface area contributed by atoms with Crippen LogP contribution in [0.4, 0.5) is 0 Å². The number of carbonyl (C=O) groups is 3. The minimum Gasteiger partial charge on any atom is -0.331 e. The molecule has 3 aromatic heterocycles. The first-order valence-corrected chi connectivity index (χ1v) is 12.9. The number of aromatic nitrogens is 5. The monoisotopic (exact) mass is 540 g/mol. The van der Waals surface area contributed by atoms with Gasteiger partial charge in [-0.2, -0.15) is 5.10 Å². The molecule has 0 saturated carbocycles. The maximum atomic E-state index is 13.4. The summed E-state index contributed by atoms with van der Waals surface area (Å²) in [5.74, 6) is -0.0953. The molecule has 11 heteroatoms. The van der Waals surface area contributed by atoms with Crippen molar-refractivity contribution in [2.45, 2.75) is 38.9 Å². The molecule has 206 valence electrons. The van der Waals surface area contributed by atoms with Crippen LogP contribution in [-0.2, 0) is 22.7 Å². The van der Waals surface area contributed by atoms with Gasteiger partial charge >= 0.3 is 0 Å². The zero-order valence-electron chi connectivity index (χ0n) is 22.9. The number of allylic oxidation sites excluding steroid dienone is 3. The molecule has 11 nitrogen and oxygen atoms in total. The quantitative estimate of drug-likeness (QED) is 0.206. The molecule has 1 aliphatic rings. The molecule has 40 heavy (non-hydrogen) atoms. The van der Waals surface area contributed by atoms with Crippen molar-refractivity contribution < 1.29 is 14.4 Å². The Morgan fingerprint density at radius 2 is 1.90 bits per heavy atom. The number of aliphatic imine (C=N–C) groups is 1. The topological polar surface area (TPSA) is 127 Å². The highest BCUT2D eigenvalue weighted by Gasteiger charge is 2.35. The van der Waals surface area contributed by atoms with Gasteiger partial charge in [-0.1, -0.05) is 25.3 Å². The second-order valence-corrected chi connectivity index (χ2v) is 9.68. The predicted octanol–water partition coefficient (Wildman–Crippen LogP) is 3.04. The molecule has 4 rings (SSSR count). The Balaban J connectivity index is 1.61. The third-order valence-electron chi connectivity index (χ3n) is 6.46. The van der Waals surface area contributed by atoms with Crippen molar-refractivity contribution in [1.82, 2.24) is 34.5 Å². The average molecular weight is 541 g/mol. The fraction of sp³-hybridized carbons (Fsp3) is 0.310. The second kappa shape index (κ2) is 12.5. The predicted molar refractivity (Wildman–Crippen MR) is 153 cm³/mol. The van der Waals surface area contributed by atoms with E-state index < -0.39 is 6.04 Å². The first-order chi connectivity index (χ1) is 19.2. The smallest absolute Gasteiger partial charge is 0.244 e. The third-order valence-corrected chi connectivity index (χ3v) is 6.46. The van der Waals surface area contributed by atoms with Crippen LogP contribution < -0.4 is 0 Å². The lowest BCUT2D eigenvalue weighted by Gasteiger charge is -2.23. The van der Waals surface area contributed by atoms with Crippen molar-refractivity contribution in [2.24, 2.45) is 4.99 Å².